The summed E-state index contributed by atoms with van der Waals surface area (Å²) < 4.78 is 0. The zero-order valence-corrected chi connectivity index (χ0v) is 19.9. The fourth-order valence-corrected chi connectivity index (χ4v) is 5.75. The maximum atomic E-state index is 12.2. The van der Waals surface area contributed by atoms with Gasteiger partial charge >= 0.3 is 0 Å². The van der Waals surface area contributed by atoms with Crippen molar-refractivity contribution >= 4 is 5.91 Å². The number of nitrogens with one attached hydrogen (secondary N) is 3. The average molecular weight is 439 g/mol. The number of piperidine rings is 1. The van der Waals surface area contributed by atoms with Gasteiger partial charge in [0.1, 0.15) is 6.29 Å². The number of rotatable bonds is 6. The highest BCUT2D eigenvalue weighted by Crippen LogP contribution is 2.42. The van der Waals surface area contributed by atoms with Crippen molar-refractivity contribution in [3.63, 3.8) is 0 Å². The first-order chi connectivity index (χ1) is 14.6. The lowest BCUT2D eigenvalue weighted by atomic mass is 9.66. The molecule has 180 valence electrons. The Morgan fingerprint density at radius 2 is 2.03 bits per heavy atom. The fraction of sp³-hybridized carbons (Fsp3) is 0.957. The highest BCUT2D eigenvalue weighted by Gasteiger charge is 2.41. The van der Waals surface area contributed by atoms with Crippen LogP contribution in [-0.2, 0) is 4.79 Å². The normalized spacial score (nSPS) is 39.2. The molecular formula is C23H46N6O2. The molecule has 3 fully saturated rings. The van der Waals surface area contributed by atoms with Crippen LogP contribution in [0, 0.1) is 23.2 Å². The number of hydrogen-bond acceptors (Lipinski definition) is 7. The summed E-state index contributed by atoms with van der Waals surface area (Å²) >= 11 is 0. The minimum Gasteiger partial charge on any atom is -0.393 e. The Hall–Kier alpha value is -0.770. The van der Waals surface area contributed by atoms with Crippen LogP contribution < -0.4 is 27.4 Å². The first-order valence-electron chi connectivity index (χ1n) is 12.3. The first kappa shape index (κ1) is 24.9. The standard InChI is InChI=1S/C23H46N6O2/c1-5-19(30)14-9-15(23(2,3)4)11-17(10-14)27-21-18(20(25)31)12-26-22(28-21)29-8-6-7-16(24)13-29/h14-19,21-22,26-28,30H,5-13,24H2,1-4H3,(H2,25,31)/t14?,15?,16-,17?,18?,19?,21?,22?/m0/s1. The summed E-state index contributed by atoms with van der Waals surface area (Å²) in [5, 5.41) is 21.5. The van der Waals surface area contributed by atoms with E-state index in [-0.39, 0.29) is 53.8 Å². The Morgan fingerprint density at radius 3 is 2.65 bits per heavy atom. The van der Waals surface area contributed by atoms with Crippen molar-refractivity contribution in [2.75, 3.05) is 19.6 Å². The molecule has 2 saturated heterocycles. The molecule has 31 heavy (non-hydrogen) atoms. The number of primary amides is 1. The first-order valence-corrected chi connectivity index (χ1v) is 12.3. The van der Waals surface area contributed by atoms with Gasteiger partial charge in [-0.15, -0.1) is 0 Å². The van der Waals surface area contributed by atoms with E-state index in [9.17, 15) is 9.90 Å². The van der Waals surface area contributed by atoms with E-state index in [4.69, 9.17) is 11.5 Å². The number of hydrogen-bond donors (Lipinski definition) is 6. The van der Waals surface area contributed by atoms with Gasteiger partial charge in [0.25, 0.3) is 0 Å². The van der Waals surface area contributed by atoms with Crippen molar-refractivity contribution in [2.45, 2.75) is 96.9 Å². The summed E-state index contributed by atoms with van der Waals surface area (Å²) in [7, 11) is 0. The maximum absolute atomic E-state index is 12.2. The number of likely N-dealkylation sites (tertiary alicyclic amines) is 1. The molecule has 1 aliphatic carbocycles. The molecule has 7 unspecified atom stereocenters. The van der Waals surface area contributed by atoms with Crippen molar-refractivity contribution in [3.05, 3.63) is 0 Å². The van der Waals surface area contributed by atoms with Crippen LogP contribution in [0.1, 0.15) is 66.2 Å². The molecule has 8 heteroatoms. The maximum Gasteiger partial charge on any atom is 0.224 e. The Bertz CT molecular complexity index is 597. The molecule has 3 rings (SSSR count). The number of aliphatic hydroxyl groups excluding tert-OH is 1. The molecule has 8 N–H and O–H groups in total. The topological polar surface area (TPSA) is 129 Å². The second kappa shape index (κ2) is 10.4. The molecule has 2 heterocycles. The van der Waals surface area contributed by atoms with Crippen molar-refractivity contribution in [1.29, 1.82) is 0 Å². The van der Waals surface area contributed by atoms with E-state index in [1.165, 1.54) is 0 Å². The molecule has 2 aliphatic heterocycles. The monoisotopic (exact) mass is 438 g/mol. The summed E-state index contributed by atoms with van der Waals surface area (Å²) in [6.45, 7) is 11.3. The van der Waals surface area contributed by atoms with Gasteiger partial charge in [0.2, 0.25) is 5.91 Å². The van der Waals surface area contributed by atoms with Crippen LogP contribution in [0.2, 0.25) is 0 Å². The van der Waals surface area contributed by atoms with E-state index < -0.39 is 0 Å². The van der Waals surface area contributed by atoms with Gasteiger partial charge in [0.05, 0.1) is 18.2 Å². The van der Waals surface area contributed by atoms with Crippen LogP contribution in [0.15, 0.2) is 0 Å². The van der Waals surface area contributed by atoms with Gasteiger partial charge in [-0.2, -0.15) is 0 Å². The lowest BCUT2D eigenvalue weighted by Crippen LogP contribution is -2.72. The molecule has 0 aromatic carbocycles. The van der Waals surface area contributed by atoms with Crippen LogP contribution in [0.25, 0.3) is 0 Å². The number of amides is 1. The van der Waals surface area contributed by atoms with E-state index in [1.54, 1.807) is 0 Å². The predicted octanol–water partition coefficient (Wildman–Crippen LogP) is 0.505. The zero-order chi connectivity index (χ0) is 22.8. The molecular weight excluding hydrogens is 392 g/mol. The average Bonchev–Trinajstić information content (AvgIpc) is 2.72. The van der Waals surface area contributed by atoms with Crippen LogP contribution >= 0.6 is 0 Å². The smallest absolute Gasteiger partial charge is 0.224 e. The summed E-state index contributed by atoms with van der Waals surface area (Å²) in [6, 6.07) is 0.436. The highest BCUT2D eigenvalue weighted by molar-refractivity contribution is 5.77. The van der Waals surface area contributed by atoms with E-state index >= 15 is 0 Å². The van der Waals surface area contributed by atoms with Gasteiger partial charge in [0.15, 0.2) is 0 Å². The lowest BCUT2D eigenvalue weighted by molar-refractivity contribution is -0.125. The minimum absolute atomic E-state index is 0.0153. The van der Waals surface area contributed by atoms with Crippen molar-refractivity contribution < 1.29 is 9.90 Å². The predicted molar refractivity (Wildman–Crippen MR) is 124 cm³/mol. The zero-order valence-electron chi connectivity index (χ0n) is 19.9. The van der Waals surface area contributed by atoms with Crippen LogP contribution in [-0.4, -0.2) is 66.2 Å². The summed E-state index contributed by atoms with van der Waals surface area (Å²) in [5.41, 5.74) is 12.1. The van der Waals surface area contributed by atoms with Crippen LogP contribution in [0.5, 0.6) is 0 Å². The molecule has 3 aliphatic rings. The molecule has 0 radical (unpaired) electrons. The van der Waals surface area contributed by atoms with E-state index in [1.807, 2.05) is 0 Å². The SMILES string of the molecule is CCC(O)C1CC(NC2NC(N3CCC[C@H](N)C3)NCC2C(N)=O)CC(C(C)(C)C)C1. The van der Waals surface area contributed by atoms with Gasteiger partial charge in [-0.3, -0.25) is 25.6 Å². The second-order valence-corrected chi connectivity index (χ2v) is 11.2. The van der Waals surface area contributed by atoms with E-state index in [2.05, 4.69) is 48.5 Å². The molecule has 1 amide bonds. The molecule has 0 bridgehead atoms. The number of carbonyl (C=O) groups is 1. The lowest BCUT2D eigenvalue weighted by Gasteiger charge is -2.48. The van der Waals surface area contributed by atoms with Gasteiger partial charge < -0.3 is 16.6 Å². The van der Waals surface area contributed by atoms with Gasteiger partial charge in [-0.25, -0.2) is 0 Å². The summed E-state index contributed by atoms with van der Waals surface area (Å²) in [5.74, 6) is 0.193. The van der Waals surface area contributed by atoms with Gasteiger partial charge in [-0.05, 0) is 55.8 Å². The number of nitrogens with two attached hydrogens (primary N) is 2. The van der Waals surface area contributed by atoms with Crippen molar-refractivity contribution in [1.82, 2.24) is 20.9 Å². The fourth-order valence-electron chi connectivity index (χ4n) is 5.75. The molecule has 0 aromatic heterocycles. The number of nitrogens with zero attached hydrogens (tertiary/aromatic N) is 1. The summed E-state index contributed by atoms with van der Waals surface area (Å²) in [6.07, 6.45) is 5.49. The van der Waals surface area contributed by atoms with Gasteiger partial charge in [-0.1, -0.05) is 27.7 Å². The Morgan fingerprint density at radius 1 is 1.29 bits per heavy atom. The van der Waals surface area contributed by atoms with Crippen LogP contribution in [0.4, 0.5) is 0 Å². The molecule has 8 atom stereocenters. The molecule has 1 saturated carbocycles. The molecule has 8 nitrogen and oxygen atoms in total. The minimum atomic E-state index is -0.320. The quantitative estimate of drug-likeness (QED) is 0.356. The Kier molecular flexibility index (Phi) is 8.38. The Balaban J connectivity index is 1.71. The largest absolute Gasteiger partial charge is 0.393 e. The van der Waals surface area contributed by atoms with E-state index in [0.29, 0.717) is 12.5 Å². The summed E-state index contributed by atoms with van der Waals surface area (Å²) in [4.78, 5) is 14.5. The third-order valence-corrected chi connectivity index (χ3v) is 7.84. The second-order valence-electron chi connectivity index (χ2n) is 11.2. The highest BCUT2D eigenvalue weighted by atomic mass is 16.3. The third-order valence-electron chi connectivity index (χ3n) is 7.84. The number of carbonyl (C=O) groups excluding carboxylic acids is 1. The van der Waals surface area contributed by atoms with E-state index in [0.717, 1.165) is 51.6 Å². The van der Waals surface area contributed by atoms with Crippen molar-refractivity contribution in [2.24, 2.45) is 34.6 Å². The van der Waals surface area contributed by atoms with Gasteiger partial charge in [0, 0.05) is 31.7 Å². The molecule has 0 spiro atoms. The third kappa shape index (κ3) is 6.39. The molecule has 0 aromatic rings. The van der Waals surface area contributed by atoms with Crippen molar-refractivity contribution in [3.8, 4) is 0 Å². The Labute approximate surface area is 188 Å². The number of aliphatic hydroxyl groups is 1. The van der Waals surface area contributed by atoms with Crippen LogP contribution in [0.3, 0.4) is 0 Å².